The van der Waals surface area contributed by atoms with Gasteiger partial charge in [-0.25, -0.2) is 14.2 Å². The normalized spacial score (nSPS) is 15.2. The lowest BCUT2D eigenvalue weighted by molar-refractivity contribution is -0.146. The summed E-state index contributed by atoms with van der Waals surface area (Å²) in [5.74, 6) is -0.646. The molecule has 1 aliphatic rings. The topological polar surface area (TPSA) is 57.1 Å². The molecule has 1 atom stereocenters. The number of rotatable bonds is 7. The fraction of sp³-hybridized carbons (Fsp3) is 0.167. The van der Waals surface area contributed by atoms with Crippen LogP contribution in [0.25, 0.3) is 0 Å². The highest BCUT2D eigenvalue weighted by Gasteiger charge is 2.28. The number of esters is 1. The third kappa shape index (κ3) is 4.84. The van der Waals surface area contributed by atoms with Crippen LogP contribution in [0.5, 0.6) is 5.75 Å². The van der Waals surface area contributed by atoms with Crippen molar-refractivity contribution in [2.45, 2.75) is 19.3 Å². The van der Waals surface area contributed by atoms with Crippen molar-refractivity contribution in [3.8, 4) is 5.75 Å². The van der Waals surface area contributed by atoms with Crippen molar-refractivity contribution in [1.82, 2.24) is 0 Å². The maximum absolute atomic E-state index is 14.4. The van der Waals surface area contributed by atoms with E-state index in [1.165, 1.54) is 12.1 Å². The lowest BCUT2D eigenvalue weighted by Crippen LogP contribution is -2.22. The standard InChI is InChI=1S/C24H20FNO4/c25-20-13-19(11-12-22(20)28-14-17-7-3-1-4-8-17)23-26-21(16-29-23)24(27)30-15-18-9-5-2-6-10-18/h1-13,21H,14-16H2/t21-/m0/s1. The third-order valence-corrected chi connectivity index (χ3v) is 4.56. The van der Waals surface area contributed by atoms with Crippen LogP contribution in [0, 0.1) is 5.82 Å². The van der Waals surface area contributed by atoms with Crippen molar-refractivity contribution < 1.29 is 23.4 Å². The molecule has 0 N–H and O–H groups in total. The third-order valence-electron chi connectivity index (χ3n) is 4.56. The smallest absolute Gasteiger partial charge is 0.334 e. The Balaban J connectivity index is 1.36. The Hall–Kier alpha value is -3.67. The van der Waals surface area contributed by atoms with Gasteiger partial charge in [-0.15, -0.1) is 0 Å². The number of aliphatic imine (C=N–C) groups is 1. The van der Waals surface area contributed by atoms with Crippen molar-refractivity contribution in [1.29, 1.82) is 0 Å². The van der Waals surface area contributed by atoms with Gasteiger partial charge in [0.15, 0.2) is 17.6 Å². The average Bonchev–Trinajstić information content (AvgIpc) is 3.28. The number of hydrogen-bond acceptors (Lipinski definition) is 5. The van der Waals surface area contributed by atoms with Crippen LogP contribution in [0.3, 0.4) is 0 Å². The summed E-state index contributed by atoms with van der Waals surface area (Å²) in [5, 5.41) is 0. The van der Waals surface area contributed by atoms with Gasteiger partial charge in [0.25, 0.3) is 0 Å². The summed E-state index contributed by atoms with van der Waals surface area (Å²) in [7, 11) is 0. The summed E-state index contributed by atoms with van der Waals surface area (Å²) < 4.78 is 30.8. The van der Waals surface area contributed by atoms with Crippen molar-refractivity contribution in [2.75, 3.05) is 6.61 Å². The second kappa shape index (κ2) is 9.22. The largest absolute Gasteiger partial charge is 0.486 e. The molecule has 0 unspecified atom stereocenters. The molecule has 1 aliphatic heterocycles. The molecule has 0 aliphatic carbocycles. The van der Waals surface area contributed by atoms with Crippen LogP contribution < -0.4 is 4.74 Å². The second-order valence-corrected chi connectivity index (χ2v) is 6.77. The first-order valence-electron chi connectivity index (χ1n) is 9.57. The van der Waals surface area contributed by atoms with Gasteiger partial charge < -0.3 is 14.2 Å². The van der Waals surface area contributed by atoms with Gasteiger partial charge in [-0.05, 0) is 29.3 Å². The van der Waals surface area contributed by atoms with Gasteiger partial charge in [0.1, 0.15) is 19.8 Å². The molecule has 0 saturated heterocycles. The molecular formula is C24H20FNO4. The van der Waals surface area contributed by atoms with Crippen LogP contribution in [0.4, 0.5) is 4.39 Å². The lowest BCUT2D eigenvalue weighted by Gasteiger charge is -2.09. The summed E-state index contributed by atoms with van der Waals surface area (Å²) in [4.78, 5) is 16.5. The van der Waals surface area contributed by atoms with Gasteiger partial charge in [-0.2, -0.15) is 0 Å². The minimum absolute atomic E-state index is 0.0663. The Morgan fingerprint density at radius 2 is 1.63 bits per heavy atom. The predicted octanol–water partition coefficient (Wildman–Crippen LogP) is 4.29. The van der Waals surface area contributed by atoms with Crippen molar-refractivity contribution >= 4 is 11.9 Å². The van der Waals surface area contributed by atoms with E-state index >= 15 is 0 Å². The monoisotopic (exact) mass is 405 g/mol. The molecular weight excluding hydrogens is 385 g/mol. The van der Waals surface area contributed by atoms with Gasteiger partial charge in [0, 0.05) is 5.56 Å². The zero-order chi connectivity index (χ0) is 20.8. The molecule has 30 heavy (non-hydrogen) atoms. The highest BCUT2D eigenvalue weighted by Crippen LogP contribution is 2.22. The summed E-state index contributed by atoms with van der Waals surface area (Å²) in [5.41, 5.74) is 2.28. The zero-order valence-corrected chi connectivity index (χ0v) is 16.2. The number of ether oxygens (including phenoxy) is 3. The van der Waals surface area contributed by atoms with Gasteiger partial charge in [-0.3, -0.25) is 0 Å². The number of carbonyl (C=O) groups excluding carboxylic acids is 1. The molecule has 0 aromatic heterocycles. The predicted molar refractivity (Wildman–Crippen MR) is 110 cm³/mol. The fourth-order valence-electron chi connectivity index (χ4n) is 2.96. The van der Waals surface area contributed by atoms with E-state index in [9.17, 15) is 9.18 Å². The minimum Gasteiger partial charge on any atom is -0.486 e. The van der Waals surface area contributed by atoms with E-state index in [0.717, 1.165) is 11.1 Å². The van der Waals surface area contributed by atoms with Gasteiger partial charge in [0.05, 0.1) is 0 Å². The van der Waals surface area contributed by atoms with Crippen LogP contribution in [0.2, 0.25) is 0 Å². The summed E-state index contributed by atoms with van der Waals surface area (Å²) in [6.07, 6.45) is 0. The highest BCUT2D eigenvalue weighted by atomic mass is 19.1. The molecule has 0 spiro atoms. The van der Waals surface area contributed by atoms with Crippen molar-refractivity contribution in [3.63, 3.8) is 0 Å². The van der Waals surface area contributed by atoms with E-state index in [2.05, 4.69) is 4.99 Å². The average molecular weight is 405 g/mol. The highest BCUT2D eigenvalue weighted by molar-refractivity contribution is 5.97. The Morgan fingerprint density at radius 1 is 0.967 bits per heavy atom. The van der Waals surface area contributed by atoms with E-state index in [4.69, 9.17) is 14.2 Å². The number of nitrogens with zero attached hydrogens (tertiary/aromatic N) is 1. The minimum atomic E-state index is -0.763. The molecule has 3 aromatic rings. The van der Waals surface area contributed by atoms with Gasteiger partial charge in [0.2, 0.25) is 5.90 Å². The van der Waals surface area contributed by atoms with Crippen LogP contribution >= 0.6 is 0 Å². The maximum Gasteiger partial charge on any atom is 0.334 e. The Kier molecular flexibility index (Phi) is 6.03. The Labute approximate surface area is 173 Å². The van der Waals surface area contributed by atoms with Crippen LogP contribution in [-0.4, -0.2) is 24.5 Å². The van der Waals surface area contributed by atoms with Crippen molar-refractivity contribution in [3.05, 3.63) is 101 Å². The molecule has 6 heteroatoms. The molecule has 0 radical (unpaired) electrons. The molecule has 1 heterocycles. The number of hydrogen-bond donors (Lipinski definition) is 0. The number of carbonyl (C=O) groups is 1. The van der Waals surface area contributed by atoms with Crippen LogP contribution in [-0.2, 0) is 27.5 Å². The molecule has 0 amide bonds. The first kappa shape index (κ1) is 19.6. The van der Waals surface area contributed by atoms with E-state index in [-0.39, 0.29) is 31.5 Å². The van der Waals surface area contributed by atoms with Crippen LogP contribution in [0.1, 0.15) is 16.7 Å². The summed E-state index contributed by atoms with van der Waals surface area (Å²) >= 11 is 0. The molecule has 0 fully saturated rings. The maximum atomic E-state index is 14.4. The fourth-order valence-corrected chi connectivity index (χ4v) is 2.96. The molecule has 5 nitrogen and oxygen atoms in total. The first-order valence-corrected chi connectivity index (χ1v) is 9.57. The SMILES string of the molecule is O=C(OCc1ccccc1)[C@@H]1COC(c2ccc(OCc3ccccc3)c(F)c2)=N1. The molecule has 4 rings (SSSR count). The summed E-state index contributed by atoms with van der Waals surface area (Å²) in [6, 6.07) is 22.6. The number of benzene rings is 3. The number of halogens is 1. The summed E-state index contributed by atoms with van der Waals surface area (Å²) in [6.45, 7) is 0.504. The van der Waals surface area contributed by atoms with E-state index < -0.39 is 17.8 Å². The van der Waals surface area contributed by atoms with Crippen LogP contribution in [0.15, 0.2) is 83.9 Å². The Morgan fingerprint density at radius 3 is 2.30 bits per heavy atom. The van der Waals surface area contributed by atoms with E-state index in [1.54, 1.807) is 6.07 Å². The van der Waals surface area contributed by atoms with Gasteiger partial charge >= 0.3 is 5.97 Å². The lowest BCUT2D eigenvalue weighted by atomic mass is 10.2. The molecule has 0 saturated carbocycles. The second-order valence-electron chi connectivity index (χ2n) is 6.77. The van der Waals surface area contributed by atoms with Crippen molar-refractivity contribution in [2.24, 2.45) is 4.99 Å². The Bertz CT molecular complexity index is 1040. The molecule has 3 aromatic carbocycles. The van der Waals surface area contributed by atoms with E-state index in [1.807, 2.05) is 60.7 Å². The van der Waals surface area contributed by atoms with E-state index in [0.29, 0.717) is 5.56 Å². The molecule has 0 bridgehead atoms. The van der Waals surface area contributed by atoms with Gasteiger partial charge in [-0.1, -0.05) is 60.7 Å². The first-order chi connectivity index (χ1) is 14.7. The molecule has 152 valence electrons. The quantitative estimate of drug-likeness (QED) is 0.550. The zero-order valence-electron chi connectivity index (χ0n) is 16.2.